The summed E-state index contributed by atoms with van der Waals surface area (Å²) < 4.78 is 0. The number of nitrogens with one attached hydrogen (secondary N) is 1. The quantitative estimate of drug-likeness (QED) is 0.846. The molecule has 2 amide bonds. The Hall–Kier alpha value is -1.55. The fourth-order valence-corrected chi connectivity index (χ4v) is 4.54. The summed E-state index contributed by atoms with van der Waals surface area (Å²) in [5, 5.41) is 3.69. The SMILES string of the molecule is CCCNC(=O)C1CCN(C(=O)C2(c3ccc(Cl)cc3)CCCC2)CC1. The number of halogens is 1. The summed E-state index contributed by atoms with van der Waals surface area (Å²) in [6, 6.07) is 7.79. The molecule has 1 saturated carbocycles. The van der Waals surface area contributed by atoms with Crippen molar-refractivity contribution in [1.29, 1.82) is 0 Å². The number of rotatable bonds is 5. The van der Waals surface area contributed by atoms with Crippen LogP contribution in [-0.4, -0.2) is 36.3 Å². The second-order valence-corrected chi connectivity index (χ2v) is 8.09. The predicted octanol–water partition coefficient (Wildman–Crippen LogP) is 3.92. The molecule has 1 N–H and O–H groups in total. The van der Waals surface area contributed by atoms with E-state index in [2.05, 4.69) is 12.2 Å². The molecular formula is C21H29ClN2O2. The second-order valence-electron chi connectivity index (χ2n) is 7.65. The van der Waals surface area contributed by atoms with Gasteiger partial charge in [0, 0.05) is 30.6 Å². The fourth-order valence-electron chi connectivity index (χ4n) is 4.41. The highest BCUT2D eigenvalue weighted by Crippen LogP contribution is 2.43. The maximum Gasteiger partial charge on any atom is 0.233 e. The summed E-state index contributed by atoms with van der Waals surface area (Å²) in [5.41, 5.74) is 0.689. The van der Waals surface area contributed by atoms with E-state index in [1.165, 1.54) is 0 Å². The van der Waals surface area contributed by atoms with Gasteiger partial charge in [-0.25, -0.2) is 0 Å². The van der Waals surface area contributed by atoms with Crippen molar-refractivity contribution in [2.24, 2.45) is 5.92 Å². The first-order valence-electron chi connectivity index (χ1n) is 9.90. The number of likely N-dealkylation sites (tertiary alicyclic amines) is 1. The number of hydrogen-bond donors (Lipinski definition) is 1. The standard InChI is InChI=1S/C21H29ClN2O2/c1-2-13-23-19(25)16-9-14-24(15-10-16)20(26)21(11-3-4-12-21)17-5-7-18(22)8-6-17/h5-8,16H,2-4,9-15H2,1H3,(H,23,25). The second kappa shape index (κ2) is 8.43. The third-order valence-corrected chi connectivity index (χ3v) is 6.22. The average Bonchev–Trinajstić information content (AvgIpc) is 3.17. The first kappa shape index (κ1) is 19.2. The van der Waals surface area contributed by atoms with Crippen LogP contribution in [0.5, 0.6) is 0 Å². The van der Waals surface area contributed by atoms with Crippen LogP contribution >= 0.6 is 11.6 Å². The van der Waals surface area contributed by atoms with Crippen molar-refractivity contribution in [3.63, 3.8) is 0 Å². The number of hydrogen-bond acceptors (Lipinski definition) is 2. The summed E-state index contributed by atoms with van der Waals surface area (Å²) in [5.74, 6) is 0.428. The Bertz CT molecular complexity index is 630. The van der Waals surface area contributed by atoms with E-state index in [4.69, 9.17) is 11.6 Å². The molecule has 0 aromatic heterocycles. The number of piperidine rings is 1. The molecule has 1 aliphatic heterocycles. The summed E-state index contributed by atoms with van der Waals surface area (Å²) >= 11 is 6.04. The zero-order chi connectivity index (χ0) is 18.6. The molecule has 2 fully saturated rings. The first-order valence-corrected chi connectivity index (χ1v) is 10.3. The van der Waals surface area contributed by atoms with E-state index in [1.807, 2.05) is 29.2 Å². The third-order valence-electron chi connectivity index (χ3n) is 5.97. The lowest BCUT2D eigenvalue weighted by molar-refractivity contribution is -0.140. The van der Waals surface area contributed by atoms with Gasteiger partial charge < -0.3 is 10.2 Å². The minimum atomic E-state index is -0.401. The van der Waals surface area contributed by atoms with Crippen molar-refractivity contribution in [1.82, 2.24) is 10.2 Å². The lowest BCUT2D eigenvalue weighted by atomic mass is 9.77. The Balaban J connectivity index is 1.68. The van der Waals surface area contributed by atoms with Gasteiger partial charge >= 0.3 is 0 Å². The Morgan fingerprint density at radius 2 is 1.77 bits per heavy atom. The van der Waals surface area contributed by atoms with Crippen LogP contribution in [0.25, 0.3) is 0 Å². The van der Waals surface area contributed by atoms with Gasteiger partial charge in [0.25, 0.3) is 0 Å². The zero-order valence-electron chi connectivity index (χ0n) is 15.6. The van der Waals surface area contributed by atoms with Crippen molar-refractivity contribution in [3.05, 3.63) is 34.9 Å². The van der Waals surface area contributed by atoms with Gasteiger partial charge in [-0.3, -0.25) is 9.59 Å². The van der Waals surface area contributed by atoms with Crippen molar-refractivity contribution in [2.75, 3.05) is 19.6 Å². The normalized spacial score (nSPS) is 20.2. The Morgan fingerprint density at radius 3 is 2.35 bits per heavy atom. The molecule has 0 bridgehead atoms. The van der Waals surface area contributed by atoms with Gasteiger partial charge in [-0.1, -0.05) is 43.5 Å². The zero-order valence-corrected chi connectivity index (χ0v) is 16.4. The molecule has 5 heteroatoms. The van der Waals surface area contributed by atoms with Crippen molar-refractivity contribution < 1.29 is 9.59 Å². The first-order chi connectivity index (χ1) is 12.6. The lowest BCUT2D eigenvalue weighted by Crippen LogP contribution is -2.50. The van der Waals surface area contributed by atoms with Crippen LogP contribution in [0.4, 0.5) is 0 Å². The van der Waals surface area contributed by atoms with Gasteiger partial charge in [0.05, 0.1) is 5.41 Å². The molecule has 4 nitrogen and oxygen atoms in total. The molecule has 26 heavy (non-hydrogen) atoms. The average molecular weight is 377 g/mol. The number of carbonyl (C=O) groups excluding carboxylic acids is 2. The topological polar surface area (TPSA) is 49.4 Å². The van der Waals surface area contributed by atoms with Gasteiger partial charge in [-0.15, -0.1) is 0 Å². The highest BCUT2D eigenvalue weighted by atomic mass is 35.5. The molecule has 3 rings (SSSR count). The Kier molecular flexibility index (Phi) is 6.23. The number of nitrogens with zero attached hydrogens (tertiary/aromatic N) is 1. The number of amides is 2. The van der Waals surface area contributed by atoms with Gasteiger partial charge in [-0.2, -0.15) is 0 Å². The summed E-state index contributed by atoms with van der Waals surface area (Å²) in [6.07, 6.45) is 6.46. The highest BCUT2D eigenvalue weighted by molar-refractivity contribution is 6.30. The van der Waals surface area contributed by atoms with Crippen molar-refractivity contribution in [3.8, 4) is 0 Å². The summed E-state index contributed by atoms with van der Waals surface area (Å²) in [7, 11) is 0. The van der Waals surface area contributed by atoms with Crippen molar-refractivity contribution in [2.45, 2.75) is 57.3 Å². The minimum Gasteiger partial charge on any atom is -0.356 e. The molecule has 1 heterocycles. The molecule has 1 aliphatic carbocycles. The summed E-state index contributed by atoms with van der Waals surface area (Å²) in [6.45, 7) is 4.15. The molecular weight excluding hydrogens is 348 g/mol. The van der Waals surface area contributed by atoms with Gasteiger partial charge in [0.1, 0.15) is 0 Å². The smallest absolute Gasteiger partial charge is 0.233 e. The molecule has 142 valence electrons. The molecule has 0 atom stereocenters. The van der Waals surface area contributed by atoms with Gasteiger partial charge in [0.15, 0.2) is 0 Å². The van der Waals surface area contributed by atoms with Crippen LogP contribution in [0.2, 0.25) is 5.02 Å². The van der Waals surface area contributed by atoms with E-state index in [-0.39, 0.29) is 17.7 Å². The minimum absolute atomic E-state index is 0.0423. The van der Waals surface area contributed by atoms with Crippen LogP contribution in [0, 0.1) is 5.92 Å². The van der Waals surface area contributed by atoms with E-state index < -0.39 is 5.41 Å². The van der Waals surface area contributed by atoms with E-state index in [9.17, 15) is 9.59 Å². The maximum atomic E-state index is 13.4. The Labute approximate surface area is 161 Å². The van der Waals surface area contributed by atoms with Crippen molar-refractivity contribution >= 4 is 23.4 Å². The largest absolute Gasteiger partial charge is 0.356 e. The molecule has 0 radical (unpaired) electrons. The van der Waals surface area contributed by atoms with Gasteiger partial charge in [-0.05, 0) is 49.8 Å². The Morgan fingerprint density at radius 1 is 1.15 bits per heavy atom. The van der Waals surface area contributed by atoms with E-state index in [0.29, 0.717) is 18.1 Å². The van der Waals surface area contributed by atoms with Crippen LogP contribution < -0.4 is 5.32 Å². The predicted molar refractivity (Wildman–Crippen MR) is 104 cm³/mol. The van der Waals surface area contributed by atoms with Gasteiger partial charge in [0.2, 0.25) is 11.8 Å². The fraction of sp³-hybridized carbons (Fsp3) is 0.619. The molecule has 1 aromatic carbocycles. The van der Waals surface area contributed by atoms with Crippen LogP contribution in [0.1, 0.15) is 57.4 Å². The van der Waals surface area contributed by atoms with E-state index in [0.717, 1.165) is 57.1 Å². The monoisotopic (exact) mass is 376 g/mol. The molecule has 1 aromatic rings. The van der Waals surface area contributed by atoms with Crippen LogP contribution in [-0.2, 0) is 15.0 Å². The van der Waals surface area contributed by atoms with Crippen LogP contribution in [0.15, 0.2) is 24.3 Å². The lowest BCUT2D eigenvalue weighted by Gasteiger charge is -2.38. The van der Waals surface area contributed by atoms with Crippen LogP contribution in [0.3, 0.4) is 0 Å². The number of carbonyl (C=O) groups is 2. The third kappa shape index (κ3) is 3.90. The molecule has 1 saturated heterocycles. The summed E-state index contributed by atoms with van der Waals surface area (Å²) in [4.78, 5) is 27.6. The number of benzene rings is 1. The molecule has 0 spiro atoms. The molecule has 0 unspecified atom stereocenters. The van der Waals surface area contributed by atoms with E-state index in [1.54, 1.807) is 0 Å². The maximum absolute atomic E-state index is 13.4. The molecule has 2 aliphatic rings. The highest BCUT2D eigenvalue weighted by Gasteiger charge is 2.45. The van der Waals surface area contributed by atoms with E-state index >= 15 is 0 Å².